The number of unbranched alkanes of at least 4 members (excludes halogenated alkanes) is 7. The first-order valence-electron chi connectivity index (χ1n) is 8.84. The molecule has 0 saturated heterocycles. The molecule has 0 aromatic carbocycles. The van der Waals surface area contributed by atoms with Gasteiger partial charge >= 0.3 is 0 Å². The molecular formula is C18H38OS. The van der Waals surface area contributed by atoms with E-state index in [0.717, 1.165) is 12.2 Å². The van der Waals surface area contributed by atoms with Gasteiger partial charge in [0.1, 0.15) is 5.75 Å². The van der Waals surface area contributed by atoms with Crippen LogP contribution >= 0.6 is 0 Å². The Morgan fingerprint density at radius 3 is 1.65 bits per heavy atom. The largest absolute Gasteiger partial charge is 0.617 e. The van der Waals surface area contributed by atoms with Gasteiger partial charge in [-0.15, -0.1) is 0 Å². The van der Waals surface area contributed by atoms with Gasteiger partial charge in [0.05, 0.1) is 6.26 Å². The Labute approximate surface area is 131 Å². The lowest BCUT2D eigenvalue weighted by molar-refractivity contribution is 0.242. The lowest BCUT2D eigenvalue weighted by Gasteiger charge is -2.30. The van der Waals surface area contributed by atoms with Gasteiger partial charge in [0.25, 0.3) is 0 Å². The van der Waals surface area contributed by atoms with Gasteiger partial charge < -0.3 is 4.55 Å². The summed E-state index contributed by atoms with van der Waals surface area (Å²) in [5.74, 6) is 0.888. The minimum atomic E-state index is -0.631. The molecule has 0 aliphatic rings. The SMILES string of the molecule is CCCCCCCC(C)(CCCCCC)CC[S+](C)[O-]. The van der Waals surface area contributed by atoms with E-state index in [1.807, 2.05) is 6.26 Å². The van der Waals surface area contributed by atoms with Crippen molar-refractivity contribution in [1.82, 2.24) is 0 Å². The molecule has 20 heavy (non-hydrogen) atoms. The third kappa shape index (κ3) is 12.1. The molecule has 0 saturated carbocycles. The Morgan fingerprint density at radius 1 is 0.750 bits per heavy atom. The average Bonchev–Trinajstić information content (AvgIpc) is 2.42. The molecule has 0 rings (SSSR count). The number of hydrogen-bond donors (Lipinski definition) is 0. The van der Waals surface area contributed by atoms with E-state index in [1.54, 1.807) is 0 Å². The molecular weight excluding hydrogens is 264 g/mol. The summed E-state index contributed by atoms with van der Waals surface area (Å²) in [6.45, 7) is 6.98. The summed E-state index contributed by atoms with van der Waals surface area (Å²) in [5.41, 5.74) is 0.436. The van der Waals surface area contributed by atoms with Crippen LogP contribution in [-0.2, 0) is 11.2 Å². The predicted octanol–water partition coefficient (Wildman–Crippen LogP) is 6.09. The molecule has 0 bridgehead atoms. The quantitative estimate of drug-likeness (QED) is 0.281. The zero-order valence-electron chi connectivity index (χ0n) is 14.5. The fourth-order valence-electron chi connectivity index (χ4n) is 2.90. The molecule has 0 spiro atoms. The molecule has 0 heterocycles. The molecule has 1 nitrogen and oxygen atoms in total. The second-order valence-corrected chi connectivity index (χ2v) is 8.37. The maximum atomic E-state index is 11.4. The molecule has 0 fully saturated rings. The van der Waals surface area contributed by atoms with E-state index in [9.17, 15) is 4.55 Å². The number of hydrogen-bond acceptors (Lipinski definition) is 1. The van der Waals surface area contributed by atoms with E-state index in [1.165, 1.54) is 70.6 Å². The van der Waals surface area contributed by atoms with Crippen molar-refractivity contribution in [3.8, 4) is 0 Å². The smallest absolute Gasteiger partial charge is 0.105 e. The molecule has 0 amide bonds. The van der Waals surface area contributed by atoms with Gasteiger partial charge in [-0.2, -0.15) is 0 Å². The Morgan fingerprint density at radius 2 is 1.20 bits per heavy atom. The molecule has 0 aliphatic carbocycles. The van der Waals surface area contributed by atoms with Crippen LogP contribution in [0.3, 0.4) is 0 Å². The van der Waals surface area contributed by atoms with Gasteiger partial charge in [0.2, 0.25) is 0 Å². The maximum Gasteiger partial charge on any atom is 0.105 e. The normalized spacial score (nSPS) is 16.1. The second kappa shape index (κ2) is 13.0. The Balaban J connectivity index is 4.01. The molecule has 0 aromatic rings. The summed E-state index contributed by atoms with van der Waals surface area (Å²) in [6, 6.07) is 0. The van der Waals surface area contributed by atoms with Crippen molar-refractivity contribution in [2.45, 2.75) is 97.8 Å². The summed E-state index contributed by atoms with van der Waals surface area (Å²) >= 11 is -0.631. The van der Waals surface area contributed by atoms with Crippen molar-refractivity contribution < 1.29 is 4.55 Å². The highest BCUT2D eigenvalue weighted by molar-refractivity contribution is 7.90. The third-order valence-electron chi connectivity index (χ3n) is 4.51. The summed E-state index contributed by atoms with van der Waals surface area (Å²) in [7, 11) is 0. The number of rotatable bonds is 14. The third-order valence-corrected chi connectivity index (χ3v) is 5.29. The lowest BCUT2D eigenvalue weighted by atomic mass is 9.77. The molecule has 0 radical (unpaired) electrons. The van der Waals surface area contributed by atoms with Crippen LogP contribution in [0.25, 0.3) is 0 Å². The molecule has 0 aromatic heterocycles. The monoisotopic (exact) mass is 302 g/mol. The standard InChI is InChI=1S/C18H38OS/c1-5-7-9-11-13-15-18(3,16-17-20(4)19)14-12-10-8-6-2/h5-17H2,1-4H3. The average molecular weight is 303 g/mol. The zero-order chi connectivity index (χ0) is 15.3. The van der Waals surface area contributed by atoms with Gasteiger partial charge in [-0.05, 0) is 24.7 Å². The molecule has 2 unspecified atom stereocenters. The van der Waals surface area contributed by atoms with Crippen LogP contribution in [0.15, 0.2) is 0 Å². The summed E-state index contributed by atoms with van der Waals surface area (Å²) in [4.78, 5) is 0. The van der Waals surface area contributed by atoms with Crippen LogP contribution in [0.4, 0.5) is 0 Å². The highest BCUT2D eigenvalue weighted by Crippen LogP contribution is 2.35. The van der Waals surface area contributed by atoms with Crippen molar-refractivity contribution in [1.29, 1.82) is 0 Å². The Hall–Kier alpha value is 0.310. The molecule has 0 aliphatic heterocycles. The van der Waals surface area contributed by atoms with E-state index in [-0.39, 0.29) is 0 Å². The first kappa shape index (κ1) is 20.3. The Kier molecular flexibility index (Phi) is 13.2. The second-order valence-electron chi connectivity index (χ2n) is 6.81. The van der Waals surface area contributed by atoms with E-state index < -0.39 is 11.2 Å². The highest BCUT2D eigenvalue weighted by Gasteiger charge is 2.24. The van der Waals surface area contributed by atoms with Crippen LogP contribution in [0.2, 0.25) is 0 Å². The molecule has 2 atom stereocenters. The minimum Gasteiger partial charge on any atom is -0.617 e. The van der Waals surface area contributed by atoms with Crippen LogP contribution in [0.1, 0.15) is 97.8 Å². The van der Waals surface area contributed by atoms with Gasteiger partial charge in [-0.1, -0.05) is 89.7 Å². The van der Waals surface area contributed by atoms with Crippen LogP contribution in [0.5, 0.6) is 0 Å². The van der Waals surface area contributed by atoms with E-state index >= 15 is 0 Å². The van der Waals surface area contributed by atoms with E-state index in [2.05, 4.69) is 20.8 Å². The fourth-order valence-corrected chi connectivity index (χ4v) is 3.68. The first-order valence-corrected chi connectivity index (χ1v) is 10.6. The van der Waals surface area contributed by atoms with E-state index in [0.29, 0.717) is 5.41 Å². The fraction of sp³-hybridized carbons (Fsp3) is 1.00. The summed E-state index contributed by atoms with van der Waals surface area (Å²) in [6.07, 6.45) is 17.9. The molecule has 2 heteroatoms. The minimum absolute atomic E-state index is 0.436. The zero-order valence-corrected chi connectivity index (χ0v) is 15.3. The van der Waals surface area contributed by atoms with Gasteiger partial charge in [-0.25, -0.2) is 0 Å². The topological polar surface area (TPSA) is 23.1 Å². The van der Waals surface area contributed by atoms with Gasteiger partial charge in [0, 0.05) is 0 Å². The molecule has 122 valence electrons. The van der Waals surface area contributed by atoms with Crippen molar-refractivity contribution in [3.63, 3.8) is 0 Å². The predicted molar refractivity (Wildman–Crippen MR) is 93.8 cm³/mol. The van der Waals surface area contributed by atoms with Crippen LogP contribution in [-0.4, -0.2) is 16.6 Å². The van der Waals surface area contributed by atoms with E-state index in [4.69, 9.17) is 0 Å². The van der Waals surface area contributed by atoms with Crippen LogP contribution < -0.4 is 0 Å². The summed E-state index contributed by atoms with van der Waals surface area (Å²) in [5, 5.41) is 0. The van der Waals surface area contributed by atoms with Crippen molar-refractivity contribution >= 4 is 11.2 Å². The Bertz CT molecular complexity index is 206. The molecule has 0 N–H and O–H groups in total. The highest BCUT2D eigenvalue weighted by atomic mass is 32.2. The van der Waals surface area contributed by atoms with Crippen molar-refractivity contribution in [2.24, 2.45) is 5.41 Å². The van der Waals surface area contributed by atoms with Gasteiger partial charge in [-0.3, -0.25) is 0 Å². The first-order chi connectivity index (χ1) is 9.54. The lowest BCUT2D eigenvalue weighted by Crippen LogP contribution is -2.21. The van der Waals surface area contributed by atoms with Gasteiger partial charge in [0.15, 0.2) is 0 Å². The summed E-state index contributed by atoms with van der Waals surface area (Å²) < 4.78 is 11.4. The van der Waals surface area contributed by atoms with Crippen LogP contribution in [0, 0.1) is 5.41 Å². The van der Waals surface area contributed by atoms with Crippen molar-refractivity contribution in [3.05, 3.63) is 0 Å². The van der Waals surface area contributed by atoms with Crippen molar-refractivity contribution in [2.75, 3.05) is 12.0 Å². The maximum absolute atomic E-state index is 11.4.